The van der Waals surface area contributed by atoms with Gasteiger partial charge in [-0.25, -0.2) is 0 Å². The van der Waals surface area contributed by atoms with Gasteiger partial charge in [-0.1, -0.05) is 12.1 Å². The Kier molecular flexibility index (Phi) is 9.17. The number of nitrogens with zero attached hydrogens (tertiary/aromatic N) is 2. The molecule has 1 saturated carbocycles. The van der Waals surface area contributed by atoms with Crippen LogP contribution in [0.5, 0.6) is 0 Å². The van der Waals surface area contributed by atoms with E-state index in [9.17, 15) is 24.3 Å². The van der Waals surface area contributed by atoms with Gasteiger partial charge in [-0.3, -0.25) is 24.0 Å². The molecule has 13 nitrogen and oxygen atoms in total. The van der Waals surface area contributed by atoms with E-state index in [1.165, 1.54) is 5.06 Å². The second-order valence-corrected chi connectivity index (χ2v) is 14.6. The molecule has 0 unspecified atom stereocenters. The minimum atomic E-state index is -1.35. The van der Waals surface area contributed by atoms with Crippen molar-refractivity contribution in [3.8, 4) is 0 Å². The lowest BCUT2D eigenvalue weighted by Crippen LogP contribution is -2.70. The van der Waals surface area contributed by atoms with E-state index in [4.69, 9.17) is 23.8 Å². The van der Waals surface area contributed by atoms with E-state index >= 15 is 0 Å². The van der Waals surface area contributed by atoms with Crippen LogP contribution in [0.25, 0.3) is 0 Å². The number of hydrogen-bond acceptors (Lipinski definition) is 11. The topological polar surface area (TPSA) is 153 Å². The molecule has 5 fully saturated rings. The molecule has 1 aromatic rings. The number of aliphatic hydroxyl groups excluding tert-OH is 1. The molecule has 4 heterocycles. The van der Waals surface area contributed by atoms with Crippen LogP contribution in [0, 0.1) is 8.99 Å². The van der Waals surface area contributed by atoms with Crippen molar-refractivity contribution in [2.24, 2.45) is 5.41 Å². The molecular formula is C31H40IN3O10. The van der Waals surface area contributed by atoms with Gasteiger partial charge in [-0.15, -0.1) is 0 Å². The Morgan fingerprint density at radius 2 is 1.91 bits per heavy atom. The van der Waals surface area contributed by atoms with Gasteiger partial charge in [0, 0.05) is 23.0 Å². The lowest BCUT2D eigenvalue weighted by atomic mass is 9.62. The molecule has 4 aliphatic heterocycles. The molecule has 5 aliphatic rings. The molecule has 1 aromatic carbocycles. The lowest BCUT2D eigenvalue weighted by Gasteiger charge is -2.50. The van der Waals surface area contributed by atoms with E-state index in [-0.39, 0.29) is 45.1 Å². The van der Waals surface area contributed by atoms with E-state index in [0.29, 0.717) is 19.4 Å². The van der Waals surface area contributed by atoms with E-state index in [1.807, 2.05) is 24.3 Å². The van der Waals surface area contributed by atoms with Crippen molar-refractivity contribution >= 4 is 46.3 Å². The molecule has 2 amide bonds. The van der Waals surface area contributed by atoms with Gasteiger partial charge in [-0.2, -0.15) is 5.06 Å². The Morgan fingerprint density at radius 3 is 2.62 bits per heavy atom. The van der Waals surface area contributed by atoms with E-state index in [2.05, 4.69) is 27.9 Å². The number of rotatable bonds is 9. The highest BCUT2D eigenvalue weighted by molar-refractivity contribution is 14.1. The summed E-state index contributed by atoms with van der Waals surface area (Å²) in [5.74, 6) is -1.77. The summed E-state index contributed by atoms with van der Waals surface area (Å²) in [5.41, 5.74) is -1.10. The molecule has 14 heteroatoms. The van der Waals surface area contributed by atoms with Crippen LogP contribution in [-0.4, -0.2) is 107 Å². The average molecular weight is 742 g/mol. The zero-order chi connectivity index (χ0) is 32.1. The molecule has 6 rings (SSSR count). The summed E-state index contributed by atoms with van der Waals surface area (Å²) < 4.78 is 24.0. The first kappa shape index (κ1) is 32.6. The third-order valence-electron chi connectivity index (χ3n) is 9.22. The monoisotopic (exact) mass is 741 g/mol. The molecular weight excluding hydrogens is 701 g/mol. The number of esters is 2. The fourth-order valence-electron chi connectivity index (χ4n) is 7.32. The van der Waals surface area contributed by atoms with Crippen molar-refractivity contribution in [1.29, 1.82) is 0 Å². The minimum Gasteiger partial charge on any atom is -0.460 e. The summed E-state index contributed by atoms with van der Waals surface area (Å²) in [6.07, 6.45) is -1.32. The van der Waals surface area contributed by atoms with Gasteiger partial charge >= 0.3 is 11.9 Å². The van der Waals surface area contributed by atoms with Crippen molar-refractivity contribution in [3.05, 3.63) is 33.4 Å². The SMILES string of the molecule is CC(C)(C)OC(=O)CC[C@@H](CO)NC(=O)[C@H]1CCCN1C(=O)[C@@]12C[C@H]3OC(=O)[C@@H]1N(Cc1ccc(I)cc1)O[C@@H]2[C@H]1OCO[C@H]13. The number of benzene rings is 1. The van der Waals surface area contributed by atoms with Crippen LogP contribution in [-0.2, 0) is 49.5 Å². The molecule has 0 radical (unpaired) electrons. The highest BCUT2D eigenvalue weighted by Gasteiger charge is 2.75. The van der Waals surface area contributed by atoms with Gasteiger partial charge in [0.05, 0.1) is 19.2 Å². The standard InChI is InChI=1S/C31H40IN3O10/c1-30(2,3)44-22(37)11-10-19(15-36)33-27(38)20-5-4-12-34(20)29(40)31-13-21-23-24(42-16-41-23)26(31)45-35(25(31)28(39)43-21)14-17-6-8-18(32)9-7-17/h6-9,19-21,23-26,36H,4-5,10-16H2,1-3H3,(H,33,38)/t19-,20+,21+,23-,24-,25-,26+,31-/m0/s1. The van der Waals surface area contributed by atoms with Gasteiger partial charge in [0.15, 0.2) is 6.04 Å². The number of carbonyl (C=O) groups is 4. The van der Waals surface area contributed by atoms with Crippen LogP contribution >= 0.6 is 22.6 Å². The summed E-state index contributed by atoms with van der Waals surface area (Å²) in [4.78, 5) is 62.3. The van der Waals surface area contributed by atoms with Crippen LogP contribution < -0.4 is 5.32 Å². The van der Waals surface area contributed by atoms with Gasteiger partial charge < -0.3 is 34.3 Å². The van der Waals surface area contributed by atoms with Crippen molar-refractivity contribution in [2.45, 2.75) is 108 Å². The number of hydrogen-bond donors (Lipinski definition) is 2. The molecule has 1 aliphatic carbocycles. The predicted molar refractivity (Wildman–Crippen MR) is 164 cm³/mol. The van der Waals surface area contributed by atoms with Gasteiger partial charge in [0.25, 0.3) is 0 Å². The van der Waals surface area contributed by atoms with Crippen LogP contribution in [0.1, 0.15) is 58.4 Å². The number of amides is 2. The lowest BCUT2D eigenvalue weighted by molar-refractivity contribution is -0.204. The molecule has 4 saturated heterocycles. The minimum absolute atomic E-state index is 0.00408. The molecule has 2 bridgehead atoms. The summed E-state index contributed by atoms with van der Waals surface area (Å²) in [6.45, 7) is 5.49. The zero-order valence-corrected chi connectivity index (χ0v) is 27.8. The maximum atomic E-state index is 14.8. The van der Waals surface area contributed by atoms with E-state index in [1.54, 1.807) is 25.7 Å². The molecule has 0 spiro atoms. The molecule has 8 atom stereocenters. The predicted octanol–water partition coefficient (Wildman–Crippen LogP) is 1.42. The first-order valence-electron chi connectivity index (χ1n) is 15.5. The number of halogens is 1. The normalized spacial score (nSPS) is 33.0. The summed E-state index contributed by atoms with van der Waals surface area (Å²) in [5, 5.41) is 14.3. The highest BCUT2D eigenvalue weighted by atomic mass is 127. The molecule has 246 valence electrons. The van der Waals surface area contributed by atoms with Crippen molar-refractivity contribution in [2.75, 3.05) is 19.9 Å². The van der Waals surface area contributed by atoms with Crippen molar-refractivity contribution in [3.63, 3.8) is 0 Å². The van der Waals surface area contributed by atoms with E-state index in [0.717, 1.165) is 9.13 Å². The highest BCUT2D eigenvalue weighted by Crippen LogP contribution is 2.56. The van der Waals surface area contributed by atoms with Gasteiger partial charge in [0.1, 0.15) is 48.3 Å². The van der Waals surface area contributed by atoms with Crippen LogP contribution in [0.3, 0.4) is 0 Å². The summed E-state index contributed by atoms with van der Waals surface area (Å²) >= 11 is 2.22. The second-order valence-electron chi connectivity index (χ2n) is 13.4. The molecule has 45 heavy (non-hydrogen) atoms. The summed E-state index contributed by atoms with van der Waals surface area (Å²) in [6, 6.07) is 5.24. The Labute approximate surface area is 275 Å². The zero-order valence-electron chi connectivity index (χ0n) is 25.6. The number of fused-ring (bicyclic) bond motifs is 4. The number of nitrogens with one attached hydrogen (secondary N) is 1. The Hall–Kier alpha value is -2.37. The van der Waals surface area contributed by atoms with Crippen LogP contribution in [0.4, 0.5) is 0 Å². The van der Waals surface area contributed by atoms with Crippen molar-refractivity contribution < 1.29 is 48.1 Å². The fourth-order valence-corrected chi connectivity index (χ4v) is 7.68. The summed E-state index contributed by atoms with van der Waals surface area (Å²) in [7, 11) is 0. The number of ether oxygens (including phenoxy) is 4. The van der Waals surface area contributed by atoms with Crippen LogP contribution in [0.15, 0.2) is 24.3 Å². The number of carbonyl (C=O) groups excluding carboxylic acids is 4. The van der Waals surface area contributed by atoms with Gasteiger partial charge in [0.2, 0.25) is 11.8 Å². The van der Waals surface area contributed by atoms with E-state index < -0.39 is 71.4 Å². The maximum absolute atomic E-state index is 14.8. The number of likely N-dealkylation sites (tertiary alicyclic amines) is 1. The average Bonchev–Trinajstić information content (AvgIpc) is 3.73. The van der Waals surface area contributed by atoms with Crippen LogP contribution in [0.2, 0.25) is 0 Å². The van der Waals surface area contributed by atoms with Gasteiger partial charge in [-0.05, 0) is 80.3 Å². The third kappa shape index (κ3) is 6.21. The quantitative estimate of drug-likeness (QED) is 0.279. The Bertz CT molecular complexity index is 1320. The maximum Gasteiger partial charge on any atom is 0.327 e. The first-order chi connectivity index (χ1) is 21.4. The smallest absolute Gasteiger partial charge is 0.327 e. The first-order valence-corrected chi connectivity index (χ1v) is 16.5. The Morgan fingerprint density at radius 1 is 1.18 bits per heavy atom. The fraction of sp³-hybridized carbons (Fsp3) is 0.677. The Balaban J connectivity index is 1.23. The number of hydroxylamine groups is 2. The third-order valence-corrected chi connectivity index (χ3v) is 9.94. The number of aliphatic hydroxyl groups is 1. The largest absolute Gasteiger partial charge is 0.460 e. The molecule has 2 N–H and O–H groups in total. The van der Waals surface area contributed by atoms with Crippen molar-refractivity contribution in [1.82, 2.24) is 15.3 Å². The molecule has 0 aromatic heterocycles. The second kappa shape index (κ2) is 12.7.